The highest BCUT2D eigenvalue weighted by Crippen LogP contribution is 2.24. The molecule has 0 amide bonds. The number of morpholine rings is 1. The Morgan fingerprint density at radius 2 is 2.22 bits per heavy atom. The van der Waals surface area contributed by atoms with E-state index in [0.717, 1.165) is 36.3 Å². The molecular formula is C13H22BrN3O. The second-order valence-electron chi connectivity index (χ2n) is 5.11. The van der Waals surface area contributed by atoms with Crippen LogP contribution in [0.4, 0.5) is 0 Å². The van der Waals surface area contributed by atoms with Gasteiger partial charge in [0.1, 0.15) is 0 Å². The zero-order valence-corrected chi connectivity index (χ0v) is 13.2. The van der Waals surface area contributed by atoms with Crippen LogP contribution >= 0.6 is 15.9 Å². The summed E-state index contributed by atoms with van der Waals surface area (Å²) in [6.07, 6.45) is 1.45. The molecular weight excluding hydrogens is 294 g/mol. The van der Waals surface area contributed by atoms with Crippen LogP contribution in [0.3, 0.4) is 0 Å². The zero-order chi connectivity index (χ0) is 13.3. The zero-order valence-electron chi connectivity index (χ0n) is 11.6. The van der Waals surface area contributed by atoms with Crippen LogP contribution in [0.5, 0.6) is 0 Å². The van der Waals surface area contributed by atoms with Crippen molar-refractivity contribution >= 4 is 15.9 Å². The van der Waals surface area contributed by atoms with Gasteiger partial charge in [-0.2, -0.15) is 5.10 Å². The minimum Gasteiger partial charge on any atom is -0.376 e. The van der Waals surface area contributed by atoms with E-state index in [4.69, 9.17) is 4.74 Å². The topological polar surface area (TPSA) is 30.3 Å². The van der Waals surface area contributed by atoms with E-state index >= 15 is 0 Å². The van der Waals surface area contributed by atoms with Crippen molar-refractivity contribution in [1.82, 2.24) is 14.7 Å². The van der Waals surface area contributed by atoms with E-state index in [1.165, 1.54) is 5.69 Å². The van der Waals surface area contributed by atoms with Crippen LogP contribution < -0.4 is 0 Å². The fourth-order valence-corrected chi connectivity index (χ4v) is 2.99. The summed E-state index contributed by atoms with van der Waals surface area (Å²) >= 11 is 3.64. The third-order valence-corrected chi connectivity index (χ3v) is 4.70. The lowest BCUT2D eigenvalue weighted by Crippen LogP contribution is -2.48. The number of hydrogen-bond donors (Lipinski definition) is 0. The Kier molecular flexibility index (Phi) is 4.45. The summed E-state index contributed by atoms with van der Waals surface area (Å²) in [5, 5.41) is 4.46. The summed E-state index contributed by atoms with van der Waals surface area (Å²) in [4.78, 5) is 2.51. The molecule has 0 radical (unpaired) electrons. The third-order valence-electron chi connectivity index (χ3n) is 3.67. The molecule has 102 valence electrons. The van der Waals surface area contributed by atoms with Crippen molar-refractivity contribution in [2.75, 3.05) is 13.2 Å². The molecule has 5 heteroatoms. The highest BCUT2D eigenvalue weighted by molar-refractivity contribution is 9.10. The van der Waals surface area contributed by atoms with Gasteiger partial charge in [-0.25, -0.2) is 0 Å². The monoisotopic (exact) mass is 315 g/mol. The van der Waals surface area contributed by atoms with E-state index in [1.54, 1.807) is 0 Å². The number of aryl methyl sites for hydroxylation is 2. The minimum absolute atomic E-state index is 0.320. The first-order valence-electron chi connectivity index (χ1n) is 6.56. The number of nitrogens with zero attached hydrogens (tertiary/aromatic N) is 3. The molecule has 0 bridgehead atoms. The fraction of sp³-hybridized carbons (Fsp3) is 0.769. The Hall–Kier alpha value is -0.390. The number of halogens is 1. The van der Waals surface area contributed by atoms with E-state index in [-0.39, 0.29) is 0 Å². The van der Waals surface area contributed by atoms with Gasteiger partial charge in [-0.15, -0.1) is 0 Å². The summed E-state index contributed by atoms with van der Waals surface area (Å²) in [6, 6.07) is 0.517. The maximum absolute atomic E-state index is 5.74. The second kappa shape index (κ2) is 5.72. The van der Waals surface area contributed by atoms with Gasteiger partial charge >= 0.3 is 0 Å². The number of hydrogen-bond acceptors (Lipinski definition) is 3. The fourth-order valence-electron chi connectivity index (χ4n) is 2.53. The lowest BCUT2D eigenvalue weighted by atomic mass is 10.1. The molecule has 18 heavy (non-hydrogen) atoms. The van der Waals surface area contributed by atoms with E-state index < -0.39 is 0 Å². The molecule has 1 aromatic heterocycles. The lowest BCUT2D eigenvalue weighted by Gasteiger charge is -2.38. The van der Waals surface area contributed by atoms with Crippen LogP contribution in [0.15, 0.2) is 4.47 Å². The number of aromatic nitrogens is 2. The molecule has 1 aliphatic rings. The molecule has 0 N–H and O–H groups in total. The van der Waals surface area contributed by atoms with Gasteiger partial charge in [-0.05, 0) is 36.2 Å². The van der Waals surface area contributed by atoms with Gasteiger partial charge in [0.25, 0.3) is 0 Å². The van der Waals surface area contributed by atoms with Gasteiger partial charge < -0.3 is 4.74 Å². The molecule has 1 saturated heterocycles. The minimum atomic E-state index is 0.320. The average molecular weight is 316 g/mol. The van der Waals surface area contributed by atoms with E-state index in [0.29, 0.717) is 12.1 Å². The van der Waals surface area contributed by atoms with Crippen molar-refractivity contribution in [2.24, 2.45) is 7.05 Å². The summed E-state index contributed by atoms with van der Waals surface area (Å²) in [5.41, 5.74) is 2.31. The van der Waals surface area contributed by atoms with Gasteiger partial charge in [0.2, 0.25) is 0 Å². The van der Waals surface area contributed by atoms with Crippen LogP contribution in [0, 0.1) is 6.92 Å². The van der Waals surface area contributed by atoms with Crippen molar-refractivity contribution in [2.45, 2.75) is 45.9 Å². The smallest absolute Gasteiger partial charge is 0.0739 e. The third kappa shape index (κ3) is 2.78. The first-order valence-corrected chi connectivity index (χ1v) is 7.35. The molecule has 1 aromatic rings. The lowest BCUT2D eigenvalue weighted by molar-refractivity contribution is -0.0599. The summed E-state index contributed by atoms with van der Waals surface area (Å²) in [6.45, 7) is 9.17. The molecule has 2 rings (SSSR count). The van der Waals surface area contributed by atoms with E-state index in [1.807, 2.05) is 18.7 Å². The van der Waals surface area contributed by atoms with Crippen molar-refractivity contribution in [3.05, 3.63) is 15.9 Å². The van der Waals surface area contributed by atoms with E-state index in [2.05, 4.69) is 39.8 Å². The van der Waals surface area contributed by atoms with Gasteiger partial charge in [0.05, 0.1) is 28.6 Å². The average Bonchev–Trinajstić information content (AvgIpc) is 2.56. The van der Waals surface area contributed by atoms with Gasteiger partial charge in [-0.1, -0.05) is 6.92 Å². The molecule has 1 aliphatic heterocycles. The van der Waals surface area contributed by atoms with Crippen molar-refractivity contribution in [3.63, 3.8) is 0 Å². The van der Waals surface area contributed by atoms with Gasteiger partial charge in [0, 0.05) is 26.2 Å². The summed E-state index contributed by atoms with van der Waals surface area (Å²) in [5.74, 6) is 0. The standard InChI is InChI=1S/C13H22BrN3O/c1-5-11-8-18-9(2)6-17(11)7-12-13(14)10(3)15-16(12)4/h9,11H,5-8H2,1-4H3. The molecule has 0 aliphatic carbocycles. The first kappa shape index (κ1) is 14.0. The molecule has 0 saturated carbocycles. The molecule has 2 unspecified atom stereocenters. The Balaban J connectivity index is 2.15. The van der Waals surface area contributed by atoms with Crippen molar-refractivity contribution < 1.29 is 4.74 Å². The predicted molar refractivity (Wildman–Crippen MR) is 75.5 cm³/mol. The second-order valence-corrected chi connectivity index (χ2v) is 5.90. The van der Waals surface area contributed by atoms with Crippen LogP contribution in [-0.4, -0.2) is 40.0 Å². The molecule has 1 fully saturated rings. The number of ether oxygens (including phenoxy) is 1. The van der Waals surface area contributed by atoms with Crippen LogP contribution in [0.1, 0.15) is 31.7 Å². The summed E-state index contributed by atoms with van der Waals surface area (Å²) in [7, 11) is 2.01. The van der Waals surface area contributed by atoms with Gasteiger partial charge in [-0.3, -0.25) is 9.58 Å². The normalized spacial score (nSPS) is 25.6. The largest absolute Gasteiger partial charge is 0.376 e. The molecule has 0 spiro atoms. The quantitative estimate of drug-likeness (QED) is 0.858. The Bertz CT molecular complexity index is 419. The Morgan fingerprint density at radius 1 is 1.50 bits per heavy atom. The summed E-state index contributed by atoms with van der Waals surface area (Å²) < 4.78 is 8.86. The molecule has 2 atom stereocenters. The van der Waals surface area contributed by atoms with Crippen LogP contribution in [-0.2, 0) is 18.3 Å². The Morgan fingerprint density at radius 3 is 2.78 bits per heavy atom. The predicted octanol–water partition coefficient (Wildman–Crippen LogP) is 2.49. The van der Waals surface area contributed by atoms with E-state index in [9.17, 15) is 0 Å². The molecule has 0 aromatic carbocycles. The maximum atomic E-state index is 5.74. The van der Waals surface area contributed by atoms with Crippen molar-refractivity contribution in [1.29, 1.82) is 0 Å². The SMILES string of the molecule is CCC1COC(C)CN1Cc1c(Br)c(C)nn1C. The highest BCUT2D eigenvalue weighted by Gasteiger charge is 2.27. The Labute approximate surface area is 117 Å². The van der Waals surface area contributed by atoms with Gasteiger partial charge in [0.15, 0.2) is 0 Å². The van der Waals surface area contributed by atoms with Crippen LogP contribution in [0.25, 0.3) is 0 Å². The number of rotatable bonds is 3. The first-order chi connectivity index (χ1) is 8.52. The molecule has 2 heterocycles. The van der Waals surface area contributed by atoms with Crippen LogP contribution in [0.2, 0.25) is 0 Å². The molecule has 4 nitrogen and oxygen atoms in total. The maximum Gasteiger partial charge on any atom is 0.0739 e. The van der Waals surface area contributed by atoms with Crippen molar-refractivity contribution in [3.8, 4) is 0 Å². The highest BCUT2D eigenvalue weighted by atomic mass is 79.9.